The Labute approximate surface area is 143 Å². The molecule has 0 spiro atoms. The molecule has 0 saturated heterocycles. The number of aryl methyl sites for hydroxylation is 2. The van der Waals surface area contributed by atoms with E-state index >= 15 is 0 Å². The molecule has 5 nitrogen and oxygen atoms in total. The number of fused-ring (bicyclic) bond motifs is 1. The maximum atomic E-state index is 14.5. The van der Waals surface area contributed by atoms with Gasteiger partial charge in [0.05, 0.1) is 23.3 Å². The molecule has 122 valence electrons. The second kappa shape index (κ2) is 5.56. The average molecular weight is 331 g/mol. The van der Waals surface area contributed by atoms with Crippen molar-refractivity contribution < 1.29 is 4.39 Å². The summed E-state index contributed by atoms with van der Waals surface area (Å²) < 4.78 is 16.2. The van der Waals surface area contributed by atoms with Gasteiger partial charge in [-0.2, -0.15) is 15.5 Å². The number of hydrogen-bond acceptors (Lipinski definition) is 3. The number of H-pyrrole nitrogens is 1. The third-order valence-corrected chi connectivity index (χ3v) is 4.29. The van der Waals surface area contributed by atoms with Gasteiger partial charge in [0.2, 0.25) is 0 Å². The van der Waals surface area contributed by atoms with Gasteiger partial charge in [-0.05, 0) is 30.7 Å². The van der Waals surface area contributed by atoms with Gasteiger partial charge in [0, 0.05) is 35.3 Å². The molecule has 4 aromatic rings. The molecular weight excluding hydrogens is 317 g/mol. The van der Waals surface area contributed by atoms with Crippen LogP contribution in [0.1, 0.15) is 11.1 Å². The summed E-state index contributed by atoms with van der Waals surface area (Å²) in [5.41, 5.74) is 4.51. The number of rotatable bonds is 2. The summed E-state index contributed by atoms with van der Waals surface area (Å²) in [7, 11) is 1.83. The Morgan fingerprint density at radius 1 is 1.28 bits per heavy atom. The van der Waals surface area contributed by atoms with Crippen molar-refractivity contribution in [3.8, 4) is 28.5 Å². The first-order valence-electron chi connectivity index (χ1n) is 7.75. The highest BCUT2D eigenvalue weighted by Crippen LogP contribution is 2.35. The lowest BCUT2D eigenvalue weighted by atomic mass is 9.94. The number of nitrogens with zero attached hydrogens (tertiary/aromatic N) is 4. The molecule has 0 aliphatic heterocycles. The zero-order chi connectivity index (χ0) is 17.6. The maximum Gasteiger partial charge on any atom is 0.131 e. The predicted molar refractivity (Wildman–Crippen MR) is 93.1 cm³/mol. The Kier molecular flexibility index (Phi) is 3.36. The van der Waals surface area contributed by atoms with E-state index in [4.69, 9.17) is 0 Å². The highest BCUT2D eigenvalue weighted by Gasteiger charge is 2.17. The fraction of sp³-hybridized carbons (Fsp3) is 0.105. The van der Waals surface area contributed by atoms with Crippen molar-refractivity contribution in [3.05, 3.63) is 59.7 Å². The molecule has 0 bridgehead atoms. The summed E-state index contributed by atoms with van der Waals surface area (Å²) in [6.07, 6.45) is 3.59. The highest BCUT2D eigenvalue weighted by atomic mass is 19.1. The fourth-order valence-electron chi connectivity index (χ4n) is 3.10. The highest BCUT2D eigenvalue weighted by molar-refractivity contribution is 5.97. The van der Waals surface area contributed by atoms with Crippen molar-refractivity contribution in [2.75, 3.05) is 0 Å². The van der Waals surface area contributed by atoms with Crippen molar-refractivity contribution in [2.45, 2.75) is 6.92 Å². The monoisotopic (exact) mass is 331 g/mol. The van der Waals surface area contributed by atoms with Gasteiger partial charge in [-0.1, -0.05) is 12.1 Å². The largest absolute Gasteiger partial charge is 0.277 e. The van der Waals surface area contributed by atoms with Crippen molar-refractivity contribution in [1.29, 1.82) is 5.26 Å². The van der Waals surface area contributed by atoms with Gasteiger partial charge in [0.15, 0.2) is 0 Å². The van der Waals surface area contributed by atoms with Crippen LogP contribution in [0.3, 0.4) is 0 Å². The molecule has 2 aromatic heterocycles. The molecule has 0 amide bonds. The number of aromatic amines is 1. The number of nitrogens with one attached hydrogen (secondary N) is 1. The Bertz CT molecular complexity index is 1130. The molecule has 0 atom stereocenters. The SMILES string of the molecule is Cc1cccc(F)c1-c1cc2c(-c3cnn(C)c3)n[nH]c2cc1C#N. The standard InChI is InChI=1S/C19H14FN5/c1-11-4-3-5-16(20)18(11)14-7-15-17(6-12(14)8-21)23-24-19(15)13-9-22-25(2)10-13/h3-7,9-10H,1-2H3,(H,23,24). The fourth-order valence-corrected chi connectivity index (χ4v) is 3.10. The lowest BCUT2D eigenvalue weighted by Crippen LogP contribution is -1.92. The van der Waals surface area contributed by atoms with Crippen LogP contribution in [0.15, 0.2) is 42.7 Å². The number of hydrogen-bond donors (Lipinski definition) is 1. The average Bonchev–Trinajstić information content (AvgIpc) is 3.19. The second-order valence-corrected chi connectivity index (χ2v) is 5.96. The maximum absolute atomic E-state index is 14.5. The predicted octanol–water partition coefficient (Wildman–Crippen LogP) is 3.95. The summed E-state index contributed by atoms with van der Waals surface area (Å²) >= 11 is 0. The lowest BCUT2D eigenvalue weighted by molar-refractivity contribution is 0.630. The lowest BCUT2D eigenvalue weighted by Gasteiger charge is -2.10. The summed E-state index contributed by atoms with van der Waals surface area (Å²) in [6, 6.07) is 10.6. The third kappa shape index (κ3) is 2.37. The Morgan fingerprint density at radius 2 is 2.12 bits per heavy atom. The topological polar surface area (TPSA) is 70.3 Å². The molecule has 0 saturated carbocycles. The minimum Gasteiger partial charge on any atom is -0.277 e. The summed E-state index contributed by atoms with van der Waals surface area (Å²) in [5.74, 6) is -0.345. The van der Waals surface area contributed by atoms with Crippen LogP contribution >= 0.6 is 0 Å². The zero-order valence-corrected chi connectivity index (χ0v) is 13.7. The van der Waals surface area contributed by atoms with E-state index in [1.165, 1.54) is 6.07 Å². The van der Waals surface area contributed by atoms with E-state index in [0.717, 1.165) is 27.7 Å². The third-order valence-electron chi connectivity index (χ3n) is 4.29. The van der Waals surface area contributed by atoms with Crippen molar-refractivity contribution in [1.82, 2.24) is 20.0 Å². The molecule has 1 N–H and O–H groups in total. The molecule has 0 aliphatic carbocycles. The molecule has 25 heavy (non-hydrogen) atoms. The number of aromatic nitrogens is 4. The minimum absolute atomic E-state index is 0.345. The van der Waals surface area contributed by atoms with Crippen LogP contribution in [0.4, 0.5) is 4.39 Å². The van der Waals surface area contributed by atoms with Gasteiger partial charge in [0.1, 0.15) is 11.5 Å². The molecule has 6 heteroatoms. The van der Waals surface area contributed by atoms with Crippen LogP contribution in [-0.4, -0.2) is 20.0 Å². The number of benzene rings is 2. The van der Waals surface area contributed by atoms with E-state index in [-0.39, 0.29) is 5.82 Å². The smallest absolute Gasteiger partial charge is 0.131 e. The van der Waals surface area contributed by atoms with Crippen LogP contribution in [0, 0.1) is 24.1 Å². The van der Waals surface area contributed by atoms with Crippen molar-refractivity contribution >= 4 is 10.9 Å². The summed E-state index contributed by atoms with van der Waals surface area (Å²) in [6.45, 7) is 1.83. The van der Waals surface area contributed by atoms with E-state index in [0.29, 0.717) is 16.7 Å². The Balaban J connectivity index is 2.03. The molecule has 0 radical (unpaired) electrons. The van der Waals surface area contributed by atoms with Gasteiger partial charge in [0.25, 0.3) is 0 Å². The van der Waals surface area contributed by atoms with Gasteiger partial charge in [-0.3, -0.25) is 9.78 Å². The minimum atomic E-state index is -0.345. The van der Waals surface area contributed by atoms with Crippen LogP contribution in [-0.2, 0) is 7.05 Å². The van der Waals surface area contributed by atoms with E-state index in [2.05, 4.69) is 21.4 Å². The quantitative estimate of drug-likeness (QED) is 0.604. The van der Waals surface area contributed by atoms with Crippen LogP contribution in [0.25, 0.3) is 33.3 Å². The normalized spacial score (nSPS) is 11.0. The van der Waals surface area contributed by atoms with Gasteiger partial charge in [-0.15, -0.1) is 0 Å². The molecular formula is C19H14FN5. The van der Waals surface area contributed by atoms with E-state index < -0.39 is 0 Å². The number of halogens is 1. The summed E-state index contributed by atoms with van der Waals surface area (Å²) in [5, 5.41) is 21.8. The molecule has 2 aromatic carbocycles. The van der Waals surface area contributed by atoms with Gasteiger partial charge < -0.3 is 0 Å². The van der Waals surface area contributed by atoms with Crippen LogP contribution in [0.5, 0.6) is 0 Å². The zero-order valence-electron chi connectivity index (χ0n) is 13.7. The molecule has 0 fully saturated rings. The van der Waals surface area contributed by atoms with E-state index in [1.807, 2.05) is 32.3 Å². The molecule has 0 aliphatic rings. The first-order chi connectivity index (χ1) is 12.1. The van der Waals surface area contributed by atoms with Crippen LogP contribution in [0.2, 0.25) is 0 Å². The van der Waals surface area contributed by atoms with Gasteiger partial charge >= 0.3 is 0 Å². The Morgan fingerprint density at radius 3 is 2.80 bits per heavy atom. The molecule has 4 rings (SSSR count). The molecule has 2 heterocycles. The first-order valence-corrected chi connectivity index (χ1v) is 7.75. The van der Waals surface area contributed by atoms with Crippen molar-refractivity contribution in [3.63, 3.8) is 0 Å². The number of nitriles is 1. The first kappa shape index (κ1) is 15.1. The second-order valence-electron chi connectivity index (χ2n) is 5.96. The van der Waals surface area contributed by atoms with Crippen molar-refractivity contribution in [2.24, 2.45) is 7.05 Å². The summed E-state index contributed by atoms with van der Waals surface area (Å²) in [4.78, 5) is 0. The van der Waals surface area contributed by atoms with Crippen LogP contribution < -0.4 is 0 Å². The van der Waals surface area contributed by atoms with E-state index in [9.17, 15) is 9.65 Å². The molecule has 0 unspecified atom stereocenters. The van der Waals surface area contributed by atoms with Gasteiger partial charge in [-0.25, -0.2) is 4.39 Å². The Hall–Kier alpha value is -3.46. The van der Waals surface area contributed by atoms with E-state index in [1.54, 1.807) is 23.0 Å².